The summed E-state index contributed by atoms with van der Waals surface area (Å²) in [6, 6.07) is 0.734. The molecule has 12 heavy (non-hydrogen) atoms. The van der Waals surface area contributed by atoms with Gasteiger partial charge >= 0.3 is 0 Å². The molecule has 1 rings (SSSR count). The summed E-state index contributed by atoms with van der Waals surface area (Å²) in [5.41, 5.74) is 0. The molecule has 1 aliphatic heterocycles. The third-order valence-electron chi connectivity index (χ3n) is 2.87. The molecule has 0 spiro atoms. The number of nitrogens with one attached hydrogen (secondary N) is 1. The Morgan fingerprint density at radius 3 is 2.58 bits per heavy atom. The molecule has 0 bridgehead atoms. The van der Waals surface area contributed by atoms with E-state index in [2.05, 4.69) is 19.2 Å². The van der Waals surface area contributed by atoms with E-state index in [1.165, 1.54) is 45.1 Å². The lowest BCUT2D eigenvalue weighted by molar-refractivity contribution is 0.371. The Kier molecular flexibility index (Phi) is 4.67. The summed E-state index contributed by atoms with van der Waals surface area (Å²) in [6.45, 7) is 5.94. The number of hydrogen-bond acceptors (Lipinski definition) is 1. The van der Waals surface area contributed by atoms with Gasteiger partial charge in [-0.15, -0.1) is 0 Å². The molecule has 2 atom stereocenters. The fourth-order valence-corrected chi connectivity index (χ4v) is 2.12. The van der Waals surface area contributed by atoms with E-state index in [-0.39, 0.29) is 0 Å². The topological polar surface area (TPSA) is 12.0 Å². The average molecular weight is 169 g/mol. The fourth-order valence-electron chi connectivity index (χ4n) is 2.12. The summed E-state index contributed by atoms with van der Waals surface area (Å²) in [6.07, 6.45) is 8.49. The van der Waals surface area contributed by atoms with Crippen LogP contribution in [0.1, 0.15) is 52.4 Å². The maximum absolute atomic E-state index is 3.58. The van der Waals surface area contributed by atoms with Crippen LogP contribution in [0.4, 0.5) is 0 Å². The van der Waals surface area contributed by atoms with Crippen LogP contribution in [0.5, 0.6) is 0 Å². The molecule has 0 amide bonds. The standard InChI is InChI=1S/C11H23N/c1-10-7-5-3-4-6-8-12-11(2)9-10/h10-12H,3-9H2,1-2H3. The van der Waals surface area contributed by atoms with E-state index in [4.69, 9.17) is 0 Å². The van der Waals surface area contributed by atoms with Gasteiger partial charge in [-0.3, -0.25) is 0 Å². The highest BCUT2D eigenvalue weighted by Gasteiger charge is 2.09. The molecule has 0 aromatic carbocycles. The molecule has 1 nitrogen and oxygen atoms in total. The molecular formula is C11H23N. The van der Waals surface area contributed by atoms with E-state index in [1.807, 2.05) is 0 Å². The molecular weight excluding hydrogens is 146 g/mol. The van der Waals surface area contributed by atoms with E-state index in [0.29, 0.717) is 0 Å². The summed E-state index contributed by atoms with van der Waals surface area (Å²) in [4.78, 5) is 0. The molecule has 1 N–H and O–H groups in total. The lowest BCUT2D eigenvalue weighted by atomic mass is 9.95. The van der Waals surface area contributed by atoms with Crippen LogP contribution in [0.25, 0.3) is 0 Å². The Morgan fingerprint density at radius 2 is 1.75 bits per heavy atom. The minimum Gasteiger partial charge on any atom is -0.314 e. The van der Waals surface area contributed by atoms with Crippen LogP contribution in [0.3, 0.4) is 0 Å². The van der Waals surface area contributed by atoms with Crippen LogP contribution in [-0.2, 0) is 0 Å². The molecule has 72 valence electrons. The van der Waals surface area contributed by atoms with Gasteiger partial charge in [-0.05, 0) is 32.2 Å². The van der Waals surface area contributed by atoms with Gasteiger partial charge in [0.2, 0.25) is 0 Å². The summed E-state index contributed by atoms with van der Waals surface area (Å²) in [5, 5.41) is 3.58. The van der Waals surface area contributed by atoms with Crippen molar-refractivity contribution >= 4 is 0 Å². The summed E-state index contributed by atoms with van der Waals surface area (Å²) < 4.78 is 0. The van der Waals surface area contributed by atoms with Gasteiger partial charge in [0.1, 0.15) is 0 Å². The van der Waals surface area contributed by atoms with Gasteiger partial charge in [0, 0.05) is 6.04 Å². The first-order valence-electron chi connectivity index (χ1n) is 5.52. The SMILES string of the molecule is CC1CCCCCCNC(C)C1. The van der Waals surface area contributed by atoms with Gasteiger partial charge in [-0.2, -0.15) is 0 Å². The zero-order chi connectivity index (χ0) is 8.81. The van der Waals surface area contributed by atoms with Crippen LogP contribution in [-0.4, -0.2) is 12.6 Å². The maximum Gasteiger partial charge on any atom is 0.00412 e. The summed E-state index contributed by atoms with van der Waals surface area (Å²) >= 11 is 0. The Morgan fingerprint density at radius 1 is 1.00 bits per heavy atom. The van der Waals surface area contributed by atoms with Crippen molar-refractivity contribution in [3.8, 4) is 0 Å². The smallest absolute Gasteiger partial charge is 0.00412 e. The first-order valence-corrected chi connectivity index (χ1v) is 5.52. The Labute approximate surface area is 76.9 Å². The zero-order valence-corrected chi connectivity index (χ0v) is 8.60. The van der Waals surface area contributed by atoms with Gasteiger partial charge < -0.3 is 5.32 Å². The van der Waals surface area contributed by atoms with Gasteiger partial charge in [-0.1, -0.05) is 32.6 Å². The average Bonchev–Trinajstić information content (AvgIpc) is 2.02. The van der Waals surface area contributed by atoms with Crippen LogP contribution < -0.4 is 5.32 Å². The lowest BCUT2D eigenvalue weighted by Crippen LogP contribution is -2.29. The Hall–Kier alpha value is -0.0400. The van der Waals surface area contributed by atoms with Crippen molar-refractivity contribution in [1.82, 2.24) is 5.32 Å². The fraction of sp³-hybridized carbons (Fsp3) is 1.00. The third kappa shape index (κ3) is 4.10. The lowest BCUT2D eigenvalue weighted by Gasteiger charge is -2.20. The van der Waals surface area contributed by atoms with Crippen molar-refractivity contribution in [2.45, 2.75) is 58.4 Å². The van der Waals surface area contributed by atoms with Gasteiger partial charge in [0.25, 0.3) is 0 Å². The predicted molar refractivity (Wildman–Crippen MR) is 54.3 cm³/mol. The van der Waals surface area contributed by atoms with Gasteiger partial charge in [0.15, 0.2) is 0 Å². The third-order valence-corrected chi connectivity index (χ3v) is 2.87. The molecule has 0 radical (unpaired) electrons. The second-order valence-corrected chi connectivity index (χ2v) is 4.40. The number of rotatable bonds is 0. The second kappa shape index (κ2) is 5.58. The van der Waals surface area contributed by atoms with Crippen LogP contribution >= 0.6 is 0 Å². The molecule has 1 heteroatoms. The second-order valence-electron chi connectivity index (χ2n) is 4.40. The first kappa shape index (κ1) is 10.0. The summed E-state index contributed by atoms with van der Waals surface area (Å²) in [5.74, 6) is 0.922. The predicted octanol–water partition coefficient (Wildman–Crippen LogP) is 2.95. The molecule has 1 aliphatic rings. The first-order chi connectivity index (χ1) is 5.79. The molecule has 1 heterocycles. The van der Waals surface area contributed by atoms with Crippen molar-refractivity contribution in [1.29, 1.82) is 0 Å². The highest BCUT2D eigenvalue weighted by Crippen LogP contribution is 2.16. The molecule has 0 aliphatic carbocycles. The highest BCUT2D eigenvalue weighted by molar-refractivity contribution is 4.67. The molecule has 1 fully saturated rings. The molecule has 0 aromatic rings. The largest absolute Gasteiger partial charge is 0.314 e. The van der Waals surface area contributed by atoms with Crippen molar-refractivity contribution < 1.29 is 0 Å². The highest BCUT2D eigenvalue weighted by atomic mass is 14.9. The van der Waals surface area contributed by atoms with Gasteiger partial charge in [-0.25, -0.2) is 0 Å². The van der Waals surface area contributed by atoms with Crippen LogP contribution in [0.15, 0.2) is 0 Å². The van der Waals surface area contributed by atoms with Crippen LogP contribution in [0, 0.1) is 5.92 Å². The minimum absolute atomic E-state index is 0.734. The quantitative estimate of drug-likeness (QED) is 0.588. The van der Waals surface area contributed by atoms with E-state index >= 15 is 0 Å². The van der Waals surface area contributed by atoms with Crippen molar-refractivity contribution in [3.63, 3.8) is 0 Å². The summed E-state index contributed by atoms with van der Waals surface area (Å²) in [7, 11) is 0. The van der Waals surface area contributed by atoms with E-state index in [0.717, 1.165) is 12.0 Å². The Bertz CT molecular complexity index is 99.6. The van der Waals surface area contributed by atoms with E-state index in [9.17, 15) is 0 Å². The van der Waals surface area contributed by atoms with E-state index in [1.54, 1.807) is 0 Å². The van der Waals surface area contributed by atoms with Crippen molar-refractivity contribution in [2.24, 2.45) is 5.92 Å². The van der Waals surface area contributed by atoms with Crippen molar-refractivity contribution in [3.05, 3.63) is 0 Å². The minimum atomic E-state index is 0.734. The molecule has 0 aromatic heterocycles. The van der Waals surface area contributed by atoms with Crippen molar-refractivity contribution in [2.75, 3.05) is 6.54 Å². The normalized spacial score (nSPS) is 34.5. The number of hydrogen-bond donors (Lipinski definition) is 1. The monoisotopic (exact) mass is 169 g/mol. The maximum atomic E-state index is 3.58. The van der Waals surface area contributed by atoms with Crippen LogP contribution in [0.2, 0.25) is 0 Å². The Balaban J connectivity index is 2.24. The molecule has 0 saturated carbocycles. The zero-order valence-electron chi connectivity index (χ0n) is 8.60. The van der Waals surface area contributed by atoms with E-state index < -0.39 is 0 Å². The molecule has 2 unspecified atom stereocenters. The van der Waals surface area contributed by atoms with Gasteiger partial charge in [0.05, 0.1) is 0 Å². The molecule has 1 saturated heterocycles.